The van der Waals surface area contributed by atoms with Gasteiger partial charge in [0.2, 0.25) is 0 Å². The summed E-state index contributed by atoms with van der Waals surface area (Å²) in [5.74, 6) is -3.45. The van der Waals surface area contributed by atoms with E-state index in [9.17, 15) is 17.6 Å². The predicted octanol–water partition coefficient (Wildman–Crippen LogP) is 4.42. The van der Waals surface area contributed by atoms with Gasteiger partial charge in [0, 0.05) is 6.04 Å². The van der Waals surface area contributed by atoms with E-state index >= 15 is 0 Å². The Labute approximate surface area is 107 Å². The summed E-state index contributed by atoms with van der Waals surface area (Å²) in [6.07, 6.45) is 0. The van der Waals surface area contributed by atoms with Crippen LogP contribution in [0.15, 0.2) is 36.4 Å². The Bertz CT molecular complexity index is 578. The third-order valence-corrected chi connectivity index (χ3v) is 2.77. The Kier molecular flexibility index (Phi) is 3.74. The van der Waals surface area contributed by atoms with Crippen molar-refractivity contribution >= 4 is 5.69 Å². The van der Waals surface area contributed by atoms with E-state index in [0.717, 1.165) is 24.3 Å². The zero-order chi connectivity index (χ0) is 14.0. The molecule has 100 valence electrons. The van der Waals surface area contributed by atoms with Crippen molar-refractivity contribution in [3.05, 3.63) is 65.2 Å². The van der Waals surface area contributed by atoms with E-state index in [4.69, 9.17) is 0 Å². The molecule has 0 bridgehead atoms. The number of halogens is 4. The van der Waals surface area contributed by atoms with Crippen molar-refractivity contribution in [1.29, 1.82) is 0 Å². The summed E-state index contributed by atoms with van der Waals surface area (Å²) in [7, 11) is 0. The van der Waals surface area contributed by atoms with Crippen molar-refractivity contribution < 1.29 is 17.6 Å². The van der Waals surface area contributed by atoms with Gasteiger partial charge >= 0.3 is 0 Å². The predicted molar refractivity (Wildman–Crippen MR) is 64.8 cm³/mol. The van der Waals surface area contributed by atoms with Crippen LogP contribution in [-0.2, 0) is 0 Å². The van der Waals surface area contributed by atoms with Crippen molar-refractivity contribution in [2.24, 2.45) is 0 Å². The summed E-state index contributed by atoms with van der Waals surface area (Å²) in [5.41, 5.74) is 0.0984. The molecule has 1 N–H and O–H groups in total. The monoisotopic (exact) mass is 269 g/mol. The summed E-state index contributed by atoms with van der Waals surface area (Å²) in [5, 5.41) is 2.60. The van der Waals surface area contributed by atoms with Gasteiger partial charge in [0.05, 0.1) is 0 Å². The number of hydrogen-bond acceptors (Lipinski definition) is 1. The third-order valence-electron chi connectivity index (χ3n) is 2.77. The van der Waals surface area contributed by atoms with E-state index in [1.54, 1.807) is 6.92 Å². The van der Waals surface area contributed by atoms with Crippen molar-refractivity contribution in [2.45, 2.75) is 13.0 Å². The quantitative estimate of drug-likeness (QED) is 0.813. The molecule has 0 aliphatic heterocycles. The molecule has 0 radical (unpaired) electrons. The molecule has 2 rings (SSSR count). The Morgan fingerprint density at radius 2 is 1.47 bits per heavy atom. The largest absolute Gasteiger partial charge is 0.374 e. The van der Waals surface area contributed by atoms with Crippen molar-refractivity contribution in [2.75, 3.05) is 5.32 Å². The van der Waals surface area contributed by atoms with Gasteiger partial charge in [-0.05, 0) is 36.8 Å². The minimum absolute atomic E-state index is 0.292. The van der Waals surface area contributed by atoms with Crippen LogP contribution in [0.3, 0.4) is 0 Å². The Balaban J connectivity index is 2.25. The van der Waals surface area contributed by atoms with Crippen LogP contribution in [-0.4, -0.2) is 0 Å². The molecule has 0 heterocycles. The van der Waals surface area contributed by atoms with Gasteiger partial charge in [0.25, 0.3) is 0 Å². The number of anilines is 1. The normalized spacial score (nSPS) is 12.3. The molecular weight excluding hydrogens is 258 g/mol. The van der Waals surface area contributed by atoms with Crippen LogP contribution < -0.4 is 5.32 Å². The standard InChI is InChI=1S/C14H11F4N/c1-8(9-5-6-10(15)13(18)7-9)19-14-11(16)3-2-4-12(14)17/h2-8,19H,1H3. The van der Waals surface area contributed by atoms with Crippen LogP contribution in [0.1, 0.15) is 18.5 Å². The molecule has 2 aromatic carbocycles. The molecule has 5 heteroatoms. The second kappa shape index (κ2) is 5.30. The maximum atomic E-state index is 13.4. The highest BCUT2D eigenvalue weighted by atomic mass is 19.2. The molecule has 0 amide bonds. The van der Waals surface area contributed by atoms with Crippen LogP contribution in [0.25, 0.3) is 0 Å². The lowest BCUT2D eigenvalue weighted by molar-refractivity contribution is 0.506. The highest BCUT2D eigenvalue weighted by molar-refractivity contribution is 5.48. The van der Waals surface area contributed by atoms with Gasteiger partial charge in [-0.25, -0.2) is 17.6 Å². The van der Waals surface area contributed by atoms with Gasteiger partial charge in [-0.3, -0.25) is 0 Å². The summed E-state index contributed by atoms with van der Waals surface area (Å²) in [6.45, 7) is 1.60. The fourth-order valence-corrected chi connectivity index (χ4v) is 1.72. The van der Waals surface area contributed by atoms with E-state index < -0.39 is 29.3 Å². The van der Waals surface area contributed by atoms with Crippen LogP contribution in [0, 0.1) is 23.3 Å². The summed E-state index contributed by atoms with van der Waals surface area (Å²) in [4.78, 5) is 0. The molecule has 0 aliphatic carbocycles. The van der Waals surface area contributed by atoms with Crippen LogP contribution in [0.4, 0.5) is 23.2 Å². The Morgan fingerprint density at radius 1 is 0.842 bits per heavy atom. The second-order valence-electron chi connectivity index (χ2n) is 4.14. The van der Waals surface area contributed by atoms with Crippen molar-refractivity contribution in [3.63, 3.8) is 0 Å². The molecule has 2 aromatic rings. The van der Waals surface area contributed by atoms with Crippen LogP contribution in [0.5, 0.6) is 0 Å². The fourth-order valence-electron chi connectivity index (χ4n) is 1.72. The minimum Gasteiger partial charge on any atom is -0.374 e. The molecule has 0 fully saturated rings. The lowest BCUT2D eigenvalue weighted by Gasteiger charge is -2.17. The van der Waals surface area contributed by atoms with Crippen molar-refractivity contribution in [1.82, 2.24) is 0 Å². The minimum atomic E-state index is -1.000. The van der Waals surface area contributed by atoms with E-state index in [1.165, 1.54) is 12.1 Å². The first-order chi connectivity index (χ1) is 8.99. The van der Waals surface area contributed by atoms with Gasteiger partial charge < -0.3 is 5.32 Å². The average Bonchev–Trinajstić information content (AvgIpc) is 2.37. The molecule has 0 aliphatic rings. The molecule has 19 heavy (non-hydrogen) atoms. The number of benzene rings is 2. The first-order valence-corrected chi connectivity index (χ1v) is 5.64. The highest BCUT2D eigenvalue weighted by Gasteiger charge is 2.14. The van der Waals surface area contributed by atoms with E-state index in [-0.39, 0.29) is 5.69 Å². The first kappa shape index (κ1) is 13.4. The molecule has 0 aromatic heterocycles. The third kappa shape index (κ3) is 2.86. The summed E-state index contributed by atoms with van der Waals surface area (Å²) < 4.78 is 52.8. The molecular formula is C14H11F4N. The molecule has 0 saturated carbocycles. The van der Waals surface area contributed by atoms with Gasteiger partial charge in [-0.2, -0.15) is 0 Å². The van der Waals surface area contributed by atoms with Gasteiger partial charge in [-0.15, -0.1) is 0 Å². The zero-order valence-electron chi connectivity index (χ0n) is 10.1. The molecule has 1 atom stereocenters. The van der Waals surface area contributed by atoms with E-state index in [0.29, 0.717) is 5.56 Å². The first-order valence-electron chi connectivity index (χ1n) is 5.64. The highest BCUT2D eigenvalue weighted by Crippen LogP contribution is 2.25. The molecule has 1 unspecified atom stereocenters. The van der Waals surface area contributed by atoms with Crippen molar-refractivity contribution in [3.8, 4) is 0 Å². The average molecular weight is 269 g/mol. The number of nitrogens with one attached hydrogen (secondary N) is 1. The van der Waals surface area contributed by atoms with Gasteiger partial charge in [0.1, 0.15) is 17.3 Å². The Hall–Kier alpha value is -2.04. The molecule has 0 saturated heterocycles. The summed E-state index contributed by atoms with van der Waals surface area (Å²) >= 11 is 0. The lowest BCUT2D eigenvalue weighted by atomic mass is 10.1. The smallest absolute Gasteiger partial charge is 0.159 e. The van der Waals surface area contributed by atoms with Crippen LogP contribution >= 0.6 is 0 Å². The second-order valence-corrected chi connectivity index (χ2v) is 4.14. The molecule has 1 nitrogen and oxygen atoms in total. The number of hydrogen-bond donors (Lipinski definition) is 1. The zero-order valence-corrected chi connectivity index (χ0v) is 10.1. The maximum absolute atomic E-state index is 13.4. The van der Waals surface area contributed by atoms with Gasteiger partial charge in [-0.1, -0.05) is 12.1 Å². The maximum Gasteiger partial charge on any atom is 0.159 e. The molecule has 0 spiro atoms. The van der Waals surface area contributed by atoms with E-state index in [2.05, 4.69) is 5.32 Å². The van der Waals surface area contributed by atoms with E-state index in [1.807, 2.05) is 0 Å². The Morgan fingerprint density at radius 3 is 2.05 bits per heavy atom. The SMILES string of the molecule is CC(Nc1c(F)cccc1F)c1ccc(F)c(F)c1. The topological polar surface area (TPSA) is 12.0 Å². The van der Waals surface area contributed by atoms with Gasteiger partial charge in [0.15, 0.2) is 11.6 Å². The number of rotatable bonds is 3. The lowest BCUT2D eigenvalue weighted by Crippen LogP contribution is -2.10. The van der Waals surface area contributed by atoms with Crippen LogP contribution in [0.2, 0.25) is 0 Å². The summed E-state index contributed by atoms with van der Waals surface area (Å²) in [6, 6.07) is 6.23. The number of para-hydroxylation sites is 1. The fraction of sp³-hybridized carbons (Fsp3) is 0.143.